The zero-order chi connectivity index (χ0) is 27.9. The molecule has 37 heavy (non-hydrogen) atoms. The molecule has 1 heterocycles. The molecule has 0 radical (unpaired) electrons. The predicted octanol–water partition coefficient (Wildman–Crippen LogP) is 1.93. The lowest BCUT2D eigenvalue weighted by Gasteiger charge is -2.27. The first-order valence-electron chi connectivity index (χ1n) is 12.8. The van der Waals surface area contributed by atoms with Gasteiger partial charge >= 0.3 is 5.97 Å². The number of carboxylic acid groups (broad SMARTS) is 1. The van der Waals surface area contributed by atoms with Gasteiger partial charge in [0.25, 0.3) is 0 Å². The van der Waals surface area contributed by atoms with Gasteiger partial charge in [-0.15, -0.1) is 0 Å². The number of nitrogens with one attached hydrogen (secondary N) is 4. The van der Waals surface area contributed by atoms with Crippen LogP contribution in [0.5, 0.6) is 0 Å². The van der Waals surface area contributed by atoms with Crippen LogP contribution < -0.4 is 21.7 Å². The van der Waals surface area contributed by atoms with Crippen LogP contribution in [0.15, 0.2) is 30.5 Å². The SMILES string of the molecule is CC(C)CC(NC(=O)C(NC(=O)C(Cc1c[nH]c2ccccc12)NC(=O)C(N)C(C)C)C(C)C)C(=O)O. The van der Waals surface area contributed by atoms with Gasteiger partial charge in [-0.1, -0.05) is 59.7 Å². The Morgan fingerprint density at radius 2 is 1.49 bits per heavy atom. The molecular weight excluding hydrogens is 474 g/mol. The fraction of sp³-hybridized carbons (Fsp3) is 0.556. The summed E-state index contributed by atoms with van der Waals surface area (Å²) in [4.78, 5) is 54.1. The van der Waals surface area contributed by atoms with Crippen molar-refractivity contribution < 1.29 is 24.3 Å². The number of aromatic amines is 1. The van der Waals surface area contributed by atoms with Gasteiger partial charge in [0, 0.05) is 23.5 Å². The normalized spacial score (nSPS) is 14.9. The van der Waals surface area contributed by atoms with Gasteiger partial charge in [-0.25, -0.2) is 4.79 Å². The number of H-pyrrole nitrogens is 1. The van der Waals surface area contributed by atoms with E-state index in [1.165, 1.54) is 0 Å². The van der Waals surface area contributed by atoms with Crippen LogP contribution in [0.1, 0.15) is 53.5 Å². The van der Waals surface area contributed by atoms with E-state index in [0.717, 1.165) is 16.5 Å². The van der Waals surface area contributed by atoms with Crippen molar-refractivity contribution in [2.24, 2.45) is 23.5 Å². The maximum absolute atomic E-state index is 13.5. The molecule has 2 aromatic rings. The van der Waals surface area contributed by atoms with E-state index >= 15 is 0 Å². The van der Waals surface area contributed by atoms with E-state index in [0.29, 0.717) is 0 Å². The summed E-state index contributed by atoms with van der Waals surface area (Å²) < 4.78 is 0. The van der Waals surface area contributed by atoms with E-state index in [-0.39, 0.29) is 30.6 Å². The van der Waals surface area contributed by atoms with Crippen molar-refractivity contribution in [2.45, 2.75) is 78.6 Å². The Morgan fingerprint density at radius 1 is 0.865 bits per heavy atom. The van der Waals surface area contributed by atoms with Crippen LogP contribution in [-0.4, -0.2) is 57.9 Å². The summed E-state index contributed by atoms with van der Waals surface area (Å²) in [6.07, 6.45) is 2.21. The maximum atomic E-state index is 13.5. The molecule has 10 nitrogen and oxygen atoms in total. The summed E-state index contributed by atoms with van der Waals surface area (Å²) in [6.45, 7) is 10.9. The summed E-state index contributed by atoms with van der Waals surface area (Å²) in [5, 5.41) is 18.5. The zero-order valence-electron chi connectivity index (χ0n) is 22.5. The summed E-state index contributed by atoms with van der Waals surface area (Å²) in [5.41, 5.74) is 7.74. The van der Waals surface area contributed by atoms with Crippen molar-refractivity contribution in [1.29, 1.82) is 0 Å². The molecule has 0 aliphatic carbocycles. The minimum Gasteiger partial charge on any atom is -0.480 e. The van der Waals surface area contributed by atoms with Crippen LogP contribution in [0.3, 0.4) is 0 Å². The lowest BCUT2D eigenvalue weighted by molar-refractivity contribution is -0.143. The highest BCUT2D eigenvalue weighted by molar-refractivity contribution is 5.95. The number of nitrogens with two attached hydrogens (primary N) is 1. The number of aliphatic carboxylic acids is 1. The van der Waals surface area contributed by atoms with Gasteiger partial charge in [-0.3, -0.25) is 14.4 Å². The number of benzene rings is 1. The molecule has 0 saturated carbocycles. The Hall–Kier alpha value is -3.40. The largest absolute Gasteiger partial charge is 0.480 e. The second-order valence-corrected chi connectivity index (χ2v) is 10.7. The third-order valence-electron chi connectivity index (χ3n) is 6.32. The number of carbonyl (C=O) groups is 4. The Kier molecular flexibility index (Phi) is 10.7. The molecule has 0 spiro atoms. The second-order valence-electron chi connectivity index (χ2n) is 10.7. The molecule has 4 atom stereocenters. The number of hydrogen-bond donors (Lipinski definition) is 6. The highest BCUT2D eigenvalue weighted by atomic mass is 16.4. The van der Waals surface area contributed by atoms with Crippen molar-refractivity contribution in [3.63, 3.8) is 0 Å². The smallest absolute Gasteiger partial charge is 0.326 e. The van der Waals surface area contributed by atoms with Gasteiger partial charge in [0.15, 0.2) is 0 Å². The van der Waals surface area contributed by atoms with Crippen LogP contribution in [-0.2, 0) is 25.6 Å². The van der Waals surface area contributed by atoms with E-state index in [1.807, 2.05) is 52.0 Å². The molecule has 3 amide bonds. The van der Waals surface area contributed by atoms with Crippen molar-refractivity contribution in [3.05, 3.63) is 36.0 Å². The van der Waals surface area contributed by atoms with Gasteiger partial charge in [0.2, 0.25) is 17.7 Å². The minimum atomic E-state index is -1.14. The Morgan fingerprint density at radius 3 is 2.05 bits per heavy atom. The van der Waals surface area contributed by atoms with Crippen molar-refractivity contribution >= 4 is 34.6 Å². The fourth-order valence-corrected chi connectivity index (χ4v) is 4.04. The number of amides is 3. The number of carboxylic acids is 1. The predicted molar refractivity (Wildman–Crippen MR) is 143 cm³/mol. The standard InChI is InChI=1S/C27H41N5O5/c1-14(2)11-21(27(36)37)31-26(35)23(16(5)6)32-24(33)20(30-25(34)22(28)15(3)4)12-17-13-29-19-10-8-7-9-18(17)19/h7-10,13-16,20-23,29H,11-12,28H2,1-6H3,(H,30,34)(H,31,35)(H,32,33)(H,36,37). The van der Waals surface area contributed by atoms with Gasteiger partial charge in [-0.05, 0) is 35.8 Å². The summed E-state index contributed by atoms with van der Waals surface area (Å²) in [6, 6.07) is 3.73. The average molecular weight is 516 g/mol. The van der Waals surface area contributed by atoms with E-state index in [9.17, 15) is 24.3 Å². The van der Waals surface area contributed by atoms with E-state index < -0.39 is 47.9 Å². The van der Waals surface area contributed by atoms with Crippen LogP contribution in [0.4, 0.5) is 0 Å². The summed E-state index contributed by atoms with van der Waals surface area (Å²) in [7, 11) is 0. The second kappa shape index (κ2) is 13.2. The lowest BCUT2D eigenvalue weighted by atomic mass is 9.98. The number of aromatic nitrogens is 1. The first-order chi connectivity index (χ1) is 17.3. The van der Waals surface area contributed by atoms with Gasteiger partial charge < -0.3 is 31.8 Å². The van der Waals surface area contributed by atoms with Crippen molar-refractivity contribution in [3.8, 4) is 0 Å². The third-order valence-corrected chi connectivity index (χ3v) is 6.32. The van der Waals surface area contributed by atoms with E-state index in [2.05, 4.69) is 20.9 Å². The Labute approximate surface area is 218 Å². The molecule has 0 aliphatic rings. The first-order valence-corrected chi connectivity index (χ1v) is 12.8. The number of carbonyl (C=O) groups excluding carboxylic acids is 3. The number of para-hydroxylation sites is 1. The molecule has 0 aliphatic heterocycles. The monoisotopic (exact) mass is 515 g/mol. The molecule has 0 saturated heterocycles. The van der Waals surface area contributed by atoms with E-state index in [4.69, 9.17) is 5.73 Å². The van der Waals surface area contributed by atoms with Gasteiger partial charge in [-0.2, -0.15) is 0 Å². The summed E-state index contributed by atoms with van der Waals surface area (Å²) in [5.74, 6) is -3.17. The molecular formula is C27H41N5O5. The Balaban J connectivity index is 2.28. The molecule has 1 aromatic carbocycles. The van der Waals surface area contributed by atoms with E-state index in [1.54, 1.807) is 20.0 Å². The van der Waals surface area contributed by atoms with Crippen LogP contribution in [0, 0.1) is 17.8 Å². The van der Waals surface area contributed by atoms with Gasteiger partial charge in [0.05, 0.1) is 6.04 Å². The fourth-order valence-electron chi connectivity index (χ4n) is 4.04. The van der Waals surface area contributed by atoms with Crippen molar-refractivity contribution in [1.82, 2.24) is 20.9 Å². The lowest BCUT2D eigenvalue weighted by Crippen LogP contribution is -2.59. The number of fused-ring (bicyclic) bond motifs is 1. The highest BCUT2D eigenvalue weighted by Gasteiger charge is 2.32. The highest BCUT2D eigenvalue weighted by Crippen LogP contribution is 2.19. The molecule has 0 fully saturated rings. The molecule has 10 heteroatoms. The topological polar surface area (TPSA) is 166 Å². The summed E-state index contributed by atoms with van der Waals surface area (Å²) >= 11 is 0. The third kappa shape index (κ3) is 8.31. The molecule has 204 valence electrons. The number of rotatable bonds is 13. The van der Waals surface area contributed by atoms with Crippen LogP contribution in [0.2, 0.25) is 0 Å². The Bertz CT molecular complexity index is 1090. The minimum absolute atomic E-state index is 0.0504. The molecule has 1 aromatic heterocycles. The van der Waals surface area contributed by atoms with Crippen LogP contribution in [0.25, 0.3) is 10.9 Å². The molecule has 0 bridgehead atoms. The average Bonchev–Trinajstić information content (AvgIpc) is 3.22. The molecule has 2 rings (SSSR count). The molecule has 4 unspecified atom stereocenters. The van der Waals surface area contributed by atoms with Crippen molar-refractivity contribution in [2.75, 3.05) is 0 Å². The first kappa shape index (κ1) is 29.8. The number of hydrogen-bond acceptors (Lipinski definition) is 5. The van der Waals surface area contributed by atoms with Crippen LogP contribution >= 0.6 is 0 Å². The molecule has 7 N–H and O–H groups in total. The quantitative estimate of drug-likeness (QED) is 0.238. The zero-order valence-corrected chi connectivity index (χ0v) is 22.5. The maximum Gasteiger partial charge on any atom is 0.326 e. The van der Waals surface area contributed by atoms with Gasteiger partial charge in [0.1, 0.15) is 18.1 Å².